The first-order valence-corrected chi connectivity index (χ1v) is 14.6. The lowest BCUT2D eigenvalue weighted by Crippen LogP contribution is -2.26. The summed E-state index contributed by atoms with van der Waals surface area (Å²) in [7, 11) is -1.89. The van der Waals surface area contributed by atoms with Gasteiger partial charge < -0.3 is 0 Å². The second-order valence-corrected chi connectivity index (χ2v) is 20.9. The monoisotopic (exact) mass is 270 g/mol. The lowest BCUT2D eigenvalue weighted by atomic mass is 10.6. The van der Waals surface area contributed by atoms with Gasteiger partial charge in [-0.15, -0.1) is 0 Å². The third kappa shape index (κ3) is 0.760. The summed E-state index contributed by atoms with van der Waals surface area (Å²) >= 11 is 2.35. The van der Waals surface area contributed by atoms with Gasteiger partial charge in [-0.1, -0.05) is 53.1 Å². The van der Waals surface area contributed by atoms with Crippen molar-refractivity contribution in [1.29, 1.82) is 0 Å². The average Bonchev–Trinajstić information content (AvgIpc) is 2.74. The fourth-order valence-electron chi connectivity index (χ4n) is 5.53. The molecule has 0 bridgehead atoms. The van der Waals surface area contributed by atoms with Crippen LogP contribution in [0.25, 0.3) is 0 Å². The highest BCUT2D eigenvalue weighted by Crippen LogP contribution is 3.36. The Morgan fingerprint density at radius 2 is 1.25 bits per heavy atom. The Labute approximate surface area is 107 Å². The van der Waals surface area contributed by atoms with Crippen LogP contribution in [0.4, 0.5) is 0 Å². The zero-order chi connectivity index (χ0) is 12.4. The molecule has 0 aromatic heterocycles. The standard InChI is InChI=1S/C13H26SSi2/c1-9(2)14-11-10-12(11,15(3,4)5)13(10,11)16(6,7)8/h9-10H,1-8H3. The number of thioether (sulfide) groups is 1. The van der Waals surface area contributed by atoms with Gasteiger partial charge in [-0.25, -0.2) is 0 Å². The zero-order valence-corrected chi connectivity index (χ0v) is 14.9. The molecule has 0 amide bonds. The molecule has 4 saturated carbocycles. The lowest BCUT2D eigenvalue weighted by molar-refractivity contribution is 1.10. The molecule has 4 aliphatic rings. The van der Waals surface area contributed by atoms with Crippen LogP contribution in [0.1, 0.15) is 13.8 Å². The Balaban J connectivity index is 1.94. The molecule has 0 N–H and O–H groups in total. The molecule has 0 nitrogen and oxygen atoms in total. The van der Waals surface area contributed by atoms with Crippen LogP contribution in [0.15, 0.2) is 0 Å². The van der Waals surface area contributed by atoms with Gasteiger partial charge >= 0.3 is 0 Å². The molecule has 0 aromatic rings. The Hall–Kier alpha value is 0.784. The van der Waals surface area contributed by atoms with Gasteiger partial charge in [-0.3, -0.25) is 0 Å². The number of hydrogen-bond acceptors (Lipinski definition) is 1. The summed E-state index contributed by atoms with van der Waals surface area (Å²) in [5, 5.41) is 2.65. The molecule has 4 fully saturated rings. The van der Waals surface area contributed by atoms with E-state index in [-0.39, 0.29) is 0 Å². The van der Waals surface area contributed by atoms with Crippen molar-refractivity contribution in [2.75, 3.05) is 0 Å². The number of rotatable bonds is 4. The molecule has 2 atom stereocenters. The van der Waals surface area contributed by atoms with Gasteiger partial charge in [0.2, 0.25) is 0 Å². The Morgan fingerprint density at radius 3 is 1.44 bits per heavy atom. The average molecular weight is 271 g/mol. The van der Waals surface area contributed by atoms with E-state index in [2.05, 4.69) is 64.9 Å². The molecule has 0 saturated heterocycles. The van der Waals surface area contributed by atoms with E-state index in [1.165, 1.54) is 5.92 Å². The molecule has 0 aliphatic heterocycles. The van der Waals surface area contributed by atoms with Gasteiger partial charge in [0.15, 0.2) is 0 Å². The topological polar surface area (TPSA) is 0 Å². The summed E-state index contributed by atoms with van der Waals surface area (Å²) < 4.78 is 0.823. The predicted molar refractivity (Wildman–Crippen MR) is 81.0 cm³/mol. The summed E-state index contributed by atoms with van der Waals surface area (Å²) in [6.07, 6.45) is 0. The Bertz CT molecular complexity index is 348. The van der Waals surface area contributed by atoms with E-state index < -0.39 is 16.1 Å². The summed E-state index contributed by atoms with van der Waals surface area (Å²) in [6.45, 7) is 20.5. The van der Waals surface area contributed by atoms with Gasteiger partial charge in [-0.2, -0.15) is 11.8 Å². The van der Waals surface area contributed by atoms with E-state index in [4.69, 9.17) is 0 Å². The van der Waals surface area contributed by atoms with E-state index in [0.717, 1.165) is 20.1 Å². The van der Waals surface area contributed by atoms with Crippen molar-refractivity contribution in [2.24, 2.45) is 5.92 Å². The molecule has 0 aromatic carbocycles. The minimum atomic E-state index is -0.944. The minimum Gasteiger partial charge on any atom is -0.151 e. The SMILES string of the molecule is CC(C)SC12C3C1([Si](C)(C)C)C32[Si](C)(C)C. The maximum absolute atomic E-state index is 2.62. The first-order chi connectivity index (χ1) is 7.03. The maximum Gasteiger partial charge on any atom is 0.0532 e. The molecule has 2 unspecified atom stereocenters. The molecule has 0 heterocycles. The highest BCUT2D eigenvalue weighted by atomic mass is 32.2. The van der Waals surface area contributed by atoms with Crippen molar-refractivity contribution in [3.63, 3.8) is 0 Å². The Morgan fingerprint density at radius 1 is 0.875 bits per heavy atom. The third-order valence-electron chi connectivity index (χ3n) is 5.54. The normalized spacial score (nSPS) is 52.7. The van der Waals surface area contributed by atoms with Crippen LogP contribution >= 0.6 is 11.8 Å². The highest BCUT2D eigenvalue weighted by molar-refractivity contribution is 8.03. The first kappa shape index (κ1) is 11.9. The lowest BCUT2D eigenvalue weighted by Gasteiger charge is -2.20. The zero-order valence-electron chi connectivity index (χ0n) is 12.1. The minimum absolute atomic E-state index is 0.823. The predicted octanol–water partition coefficient (Wildman–Crippen LogP) is 4.68. The maximum atomic E-state index is 2.62. The summed E-state index contributed by atoms with van der Waals surface area (Å²) in [5.74, 6) is 1.18. The second kappa shape index (κ2) is 2.42. The molecule has 92 valence electrons. The van der Waals surface area contributed by atoms with Gasteiger partial charge in [0.05, 0.1) is 16.1 Å². The highest BCUT2D eigenvalue weighted by Gasteiger charge is 3.30. The van der Waals surface area contributed by atoms with E-state index in [9.17, 15) is 0 Å². The van der Waals surface area contributed by atoms with Crippen molar-refractivity contribution >= 4 is 27.9 Å². The largest absolute Gasteiger partial charge is 0.151 e. The molecule has 0 spiro atoms. The molecule has 4 aliphatic carbocycles. The van der Waals surface area contributed by atoms with Crippen molar-refractivity contribution in [3.05, 3.63) is 0 Å². The fourth-order valence-corrected chi connectivity index (χ4v) is 20.8. The summed E-state index contributed by atoms with van der Waals surface area (Å²) in [4.78, 5) is 0. The van der Waals surface area contributed by atoms with Crippen LogP contribution in [0, 0.1) is 5.92 Å². The van der Waals surface area contributed by atoms with Gasteiger partial charge in [0, 0.05) is 4.75 Å². The molecule has 16 heavy (non-hydrogen) atoms. The molecule has 3 heteroatoms. The van der Waals surface area contributed by atoms with Crippen molar-refractivity contribution < 1.29 is 0 Å². The summed E-state index contributed by atoms with van der Waals surface area (Å²) in [5.41, 5.74) is 0. The van der Waals surface area contributed by atoms with E-state index in [1.807, 2.05) is 0 Å². The van der Waals surface area contributed by atoms with Crippen LogP contribution in [-0.2, 0) is 0 Å². The summed E-state index contributed by atoms with van der Waals surface area (Å²) in [6, 6.07) is 0. The van der Waals surface area contributed by atoms with Crippen molar-refractivity contribution in [2.45, 2.75) is 73.2 Å². The molecule has 0 radical (unpaired) electrons. The molecular weight excluding hydrogens is 244 g/mol. The van der Waals surface area contributed by atoms with E-state index in [0.29, 0.717) is 0 Å². The molecule has 4 rings (SSSR count). The third-order valence-corrected chi connectivity index (χ3v) is 14.8. The van der Waals surface area contributed by atoms with Crippen LogP contribution in [0.3, 0.4) is 0 Å². The smallest absolute Gasteiger partial charge is 0.0532 e. The van der Waals surface area contributed by atoms with Crippen LogP contribution in [0.5, 0.6) is 0 Å². The second-order valence-electron chi connectivity index (χ2n) is 8.45. The van der Waals surface area contributed by atoms with Crippen LogP contribution in [0.2, 0.25) is 49.4 Å². The van der Waals surface area contributed by atoms with Crippen LogP contribution in [-0.4, -0.2) is 26.1 Å². The van der Waals surface area contributed by atoms with Crippen LogP contribution < -0.4 is 0 Å². The Kier molecular flexibility index (Phi) is 1.79. The van der Waals surface area contributed by atoms with Crippen molar-refractivity contribution in [1.82, 2.24) is 0 Å². The fraction of sp³-hybridized carbons (Fsp3) is 1.00. The number of hydrogen-bond donors (Lipinski definition) is 0. The van der Waals surface area contributed by atoms with E-state index in [1.54, 1.807) is 0 Å². The van der Waals surface area contributed by atoms with Crippen molar-refractivity contribution in [3.8, 4) is 0 Å². The molecular formula is C13H26SSi2. The first-order valence-electron chi connectivity index (χ1n) is 6.71. The van der Waals surface area contributed by atoms with Gasteiger partial charge in [0.1, 0.15) is 0 Å². The van der Waals surface area contributed by atoms with Gasteiger partial charge in [0.25, 0.3) is 0 Å². The van der Waals surface area contributed by atoms with E-state index >= 15 is 0 Å². The van der Waals surface area contributed by atoms with Gasteiger partial charge in [-0.05, 0) is 21.2 Å². The quantitative estimate of drug-likeness (QED) is 0.668.